The van der Waals surface area contributed by atoms with Gasteiger partial charge < -0.3 is 4.42 Å². The molecule has 0 aliphatic heterocycles. The fraction of sp³-hybridized carbons (Fsp3) is 0.333. The van der Waals surface area contributed by atoms with Crippen LogP contribution in [0.15, 0.2) is 22.8 Å². The molecule has 0 unspecified atom stereocenters. The van der Waals surface area contributed by atoms with Crippen molar-refractivity contribution < 1.29 is 9.21 Å². The van der Waals surface area contributed by atoms with E-state index in [4.69, 9.17) is 4.42 Å². The number of fused-ring (bicyclic) bond motifs is 1. The maximum absolute atomic E-state index is 12.0. The van der Waals surface area contributed by atoms with E-state index in [1.54, 1.807) is 6.26 Å². The number of nitrogens with zero attached hydrogens (tertiary/aromatic N) is 1. The topological polar surface area (TPSA) is 58.9 Å². The lowest BCUT2D eigenvalue weighted by molar-refractivity contribution is 0.0959. The van der Waals surface area contributed by atoms with Crippen LogP contribution in [0.3, 0.4) is 0 Å². The summed E-state index contributed by atoms with van der Waals surface area (Å²) >= 11 is 0. The number of nitrogens with one attached hydrogen (secondary N) is 1. The van der Waals surface area contributed by atoms with Gasteiger partial charge in [-0.1, -0.05) is 0 Å². The van der Waals surface area contributed by atoms with Crippen LogP contribution < -0.4 is 0 Å². The van der Waals surface area contributed by atoms with Crippen LogP contribution in [0.25, 0.3) is 0 Å². The van der Waals surface area contributed by atoms with E-state index in [0.29, 0.717) is 6.42 Å². The fourth-order valence-corrected chi connectivity index (χ4v) is 2.35. The second-order valence-corrected chi connectivity index (χ2v) is 4.21. The van der Waals surface area contributed by atoms with E-state index in [0.717, 1.165) is 29.1 Å². The molecule has 1 atom stereocenters. The molecule has 4 heteroatoms. The van der Waals surface area contributed by atoms with Crippen molar-refractivity contribution in [2.24, 2.45) is 0 Å². The number of carbonyl (C=O) groups excluding carboxylic acids is 1. The van der Waals surface area contributed by atoms with E-state index in [9.17, 15) is 4.79 Å². The molecule has 1 aliphatic rings. The third kappa shape index (κ3) is 1.30. The smallest absolute Gasteiger partial charge is 0.167 e. The highest BCUT2D eigenvalue weighted by atomic mass is 16.3. The number of H-pyrrole nitrogens is 1. The van der Waals surface area contributed by atoms with Crippen molar-refractivity contribution >= 4 is 5.78 Å². The second-order valence-electron chi connectivity index (χ2n) is 4.21. The van der Waals surface area contributed by atoms with Gasteiger partial charge in [-0.25, -0.2) is 0 Å². The molecule has 2 aromatic rings. The Morgan fingerprint density at radius 3 is 3.12 bits per heavy atom. The summed E-state index contributed by atoms with van der Waals surface area (Å²) in [5, 5.41) is 7.05. The van der Waals surface area contributed by atoms with Gasteiger partial charge in [0.2, 0.25) is 0 Å². The van der Waals surface area contributed by atoms with Crippen molar-refractivity contribution in [2.45, 2.75) is 25.7 Å². The molecule has 1 N–H and O–H groups in total. The van der Waals surface area contributed by atoms with Gasteiger partial charge in [-0.2, -0.15) is 5.10 Å². The van der Waals surface area contributed by atoms with Crippen LogP contribution in [0, 0.1) is 6.92 Å². The standard InChI is InChI=1S/C12H12N2O2/c1-7-12-9(14-13-7)5-8(6-10(12)15)11-3-2-4-16-11/h2-4,8H,5-6H2,1H3,(H,13,14)/t8-/m0/s1. The number of carbonyl (C=O) groups is 1. The molecule has 82 valence electrons. The van der Waals surface area contributed by atoms with Gasteiger partial charge in [-0.05, 0) is 19.1 Å². The molecular weight excluding hydrogens is 204 g/mol. The molecule has 0 amide bonds. The highest BCUT2D eigenvalue weighted by Crippen LogP contribution is 2.32. The van der Waals surface area contributed by atoms with Gasteiger partial charge in [0.05, 0.1) is 17.5 Å². The van der Waals surface area contributed by atoms with E-state index in [1.165, 1.54) is 0 Å². The molecule has 0 saturated heterocycles. The first-order valence-electron chi connectivity index (χ1n) is 5.36. The van der Waals surface area contributed by atoms with Crippen molar-refractivity contribution in [1.82, 2.24) is 10.2 Å². The van der Waals surface area contributed by atoms with Crippen LogP contribution in [0.1, 0.15) is 39.8 Å². The van der Waals surface area contributed by atoms with Gasteiger partial charge in [0.1, 0.15) is 5.76 Å². The summed E-state index contributed by atoms with van der Waals surface area (Å²) in [6.07, 6.45) is 2.94. The number of hydrogen-bond donors (Lipinski definition) is 1. The Balaban J connectivity index is 1.99. The molecule has 0 spiro atoms. The second kappa shape index (κ2) is 3.33. The van der Waals surface area contributed by atoms with E-state index in [2.05, 4.69) is 10.2 Å². The summed E-state index contributed by atoms with van der Waals surface area (Å²) in [6.45, 7) is 1.89. The highest BCUT2D eigenvalue weighted by Gasteiger charge is 2.30. The van der Waals surface area contributed by atoms with E-state index in [1.807, 2.05) is 19.1 Å². The molecule has 16 heavy (non-hydrogen) atoms. The van der Waals surface area contributed by atoms with Crippen LogP contribution in [-0.4, -0.2) is 16.0 Å². The fourth-order valence-electron chi connectivity index (χ4n) is 2.35. The Bertz CT molecular complexity index is 525. The van der Waals surface area contributed by atoms with Crippen molar-refractivity contribution in [3.63, 3.8) is 0 Å². The van der Waals surface area contributed by atoms with Gasteiger partial charge in [-0.15, -0.1) is 0 Å². The Kier molecular flexibility index (Phi) is 1.96. The third-order valence-electron chi connectivity index (χ3n) is 3.12. The number of ketones is 1. The monoisotopic (exact) mass is 216 g/mol. The first kappa shape index (κ1) is 9.39. The zero-order chi connectivity index (χ0) is 11.1. The van der Waals surface area contributed by atoms with Gasteiger partial charge in [-0.3, -0.25) is 9.89 Å². The molecule has 0 saturated carbocycles. The van der Waals surface area contributed by atoms with Crippen LogP contribution in [-0.2, 0) is 6.42 Å². The summed E-state index contributed by atoms with van der Waals surface area (Å²) in [4.78, 5) is 12.0. The number of furan rings is 1. The predicted molar refractivity (Wildman–Crippen MR) is 57.4 cm³/mol. The molecule has 0 aromatic carbocycles. The van der Waals surface area contributed by atoms with E-state index in [-0.39, 0.29) is 11.7 Å². The lowest BCUT2D eigenvalue weighted by atomic mass is 9.84. The van der Waals surface area contributed by atoms with Gasteiger partial charge >= 0.3 is 0 Å². The number of aryl methyl sites for hydroxylation is 1. The molecule has 2 heterocycles. The molecule has 4 nitrogen and oxygen atoms in total. The normalized spacial score (nSPS) is 19.8. The lowest BCUT2D eigenvalue weighted by Gasteiger charge is -2.18. The van der Waals surface area contributed by atoms with Crippen molar-refractivity contribution in [2.75, 3.05) is 0 Å². The summed E-state index contributed by atoms with van der Waals surface area (Å²) in [7, 11) is 0. The largest absolute Gasteiger partial charge is 0.469 e. The Labute approximate surface area is 92.7 Å². The van der Waals surface area contributed by atoms with Crippen molar-refractivity contribution in [1.29, 1.82) is 0 Å². The van der Waals surface area contributed by atoms with E-state index >= 15 is 0 Å². The highest BCUT2D eigenvalue weighted by molar-refractivity contribution is 5.99. The molecule has 3 rings (SSSR count). The zero-order valence-electron chi connectivity index (χ0n) is 8.99. The minimum atomic E-state index is 0.137. The summed E-state index contributed by atoms with van der Waals surface area (Å²) < 4.78 is 5.35. The Hall–Kier alpha value is -1.84. The lowest BCUT2D eigenvalue weighted by Crippen LogP contribution is -2.18. The number of hydrogen-bond acceptors (Lipinski definition) is 3. The molecule has 1 aliphatic carbocycles. The zero-order valence-corrected chi connectivity index (χ0v) is 8.99. The number of aromatic nitrogens is 2. The quantitative estimate of drug-likeness (QED) is 0.795. The molecular formula is C12H12N2O2. The van der Waals surface area contributed by atoms with Crippen molar-refractivity contribution in [3.8, 4) is 0 Å². The van der Waals surface area contributed by atoms with E-state index < -0.39 is 0 Å². The maximum Gasteiger partial charge on any atom is 0.167 e. The first-order chi connectivity index (χ1) is 7.75. The Morgan fingerprint density at radius 1 is 1.50 bits per heavy atom. The minimum Gasteiger partial charge on any atom is -0.469 e. The summed E-state index contributed by atoms with van der Waals surface area (Å²) in [5.41, 5.74) is 2.52. The van der Waals surface area contributed by atoms with Gasteiger partial charge in [0.25, 0.3) is 0 Å². The van der Waals surface area contributed by atoms with Crippen molar-refractivity contribution in [3.05, 3.63) is 41.1 Å². The van der Waals surface area contributed by atoms with Crippen LogP contribution in [0.2, 0.25) is 0 Å². The summed E-state index contributed by atoms with van der Waals surface area (Å²) in [6, 6.07) is 3.77. The third-order valence-corrected chi connectivity index (χ3v) is 3.12. The first-order valence-corrected chi connectivity index (χ1v) is 5.36. The Morgan fingerprint density at radius 2 is 2.38 bits per heavy atom. The van der Waals surface area contributed by atoms with Crippen LogP contribution in [0.5, 0.6) is 0 Å². The van der Waals surface area contributed by atoms with Gasteiger partial charge in [0.15, 0.2) is 5.78 Å². The number of rotatable bonds is 1. The molecule has 0 fully saturated rings. The number of Topliss-reactive ketones (excluding diaryl/α,β-unsaturated/α-hetero) is 1. The average molecular weight is 216 g/mol. The minimum absolute atomic E-state index is 0.137. The number of aromatic amines is 1. The average Bonchev–Trinajstić information content (AvgIpc) is 2.87. The predicted octanol–water partition coefficient (Wildman–Crippen LogP) is 2.22. The molecule has 2 aromatic heterocycles. The van der Waals surface area contributed by atoms with Crippen LogP contribution >= 0.6 is 0 Å². The molecule has 0 bridgehead atoms. The van der Waals surface area contributed by atoms with Crippen LogP contribution in [0.4, 0.5) is 0 Å². The summed E-state index contributed by atoms with van der Waals surface area (Å²) in [5.74, 6) is 1.17. The molecule has 0 radical (unpaired) electrons. The maximum atomic E-state index is 12.0. The SMILES string of the molecule is Cc1[nH]nc2c1C(=O)C[C@@H](c1ccco1)C2. The van der Waals surface area contributed by atoms with Gasteiger partial charge in [0, 0.05) is 24.5 Å².